The van der Waals surface area contributed by atoms with Crippen LogP contribution in [0.25, 0.3) is 0 Å². The van der Waals surface area contributed by atoms with Gasteiger partial charge in [-0.2, -0.15) is 0 Å². The Kier molecular flexibility index (Phi) is 5.49. The van der Waals surface area contributed by atoms with Crippen molar-refractivity contribution in [2.24, 2.45) is 0 Å². The van der Waals surface area contributed by atoms with E-state index in [1.54, 1.807) is 11.1 Å². The maximum absolute atomic E-state index is 12.1. The second-order valence-electron chi connectivity index (χ2n) is 5.47. The lowest BCUT2D eigenvalue weighted by atomic mass is 10.2. The second-order valence-corrected chi connectivity index (χ2v) is 5.47. The SMILES string of the molecule is CN1CCN(CCC(=O)N(C)Cc2ccccn2)CC1. The summed E-state index contributed by atoms with van der Waals surface area (Å²) in [6, 6.07) is 5.79. The van der Waals surface area contributed by atoms with Gasteiger partial charge in [0, 0.05) is 52.4 Å². The molecule has 0 aliphatic carbocycles. The molecule has 0 radical (unpaired) electrons. The van der Waals surface area contributed by atoms with Crippen LogP contribution in [0.2, 0.25) is 0 Å². The van der Waals surface area contributed by atoms with Crippen LogP contribution in [0, 0.1) is 0 Å². The summed E-state index contributed by atoms with van der Waals surface area (Å²) in [5.74, 6) is 0.189. The molecule has 0 unspecified atom stereocenters. The second kappa shape index (κ2) is 7.36. The number of amides is 1. The van der Waals surface area contributed by atoms with Gasteiger partial charge in [-0.25, -0.2) is 0 Å². The van der Waals surface area contributed by atoms with Gasteiger partial charge in [-0.3, -0.25) is 9.78 Å². The van der Waals surface area contributed by atoms with Crippen molar-refractivity contribution in [3.63, 3.8) is 0 Å². The van der Waals surface area contributed by atoms with Crippen molar-refractivity contribution in [3.8, 4) is 0 Å². The van der Waals surface area contributed by atoms with E-state index in [0.29, 0.717) is 13.0 Å². The zero-order valence-electron chi connectivity index (χ0n) is 12.5. The van der Waals surface area contributed by atoms with E-state index >= 15 is 0 Å². The fourth-order valence-electron chi connectivity index (χ4n) is 2.34. The first-order valence-corrected chi connectivity index (χ1v) is 7.20. The van der Waals surface area contributed by atoms with Gasteiger partial charge in [0.1, 0.15) is 0 Å². The Bertz CT molecular complexity index is 415. The molecule has 0 saturated carbocycles. The number of likely N-dealkylation sites (N-methyl/N-ethyl adjacent to an activating group) is 1. The lowest BCUT2D eigenvalue weighted by Gasteiger charge is -2.32. The molecule has 1 saturated heterocycles. The number of carbonyl (C=O) groups is 1. The molecule has 0 atom stereocenters. The first-order chi connectivity index (χ1) is 9.65. The summed E-state index contributed by atoms with van der Waals surface area (Å²) >= 11 is 0. The van der Waals surface area contributed by atoms with Crippen molar-refractivity contribution in [1.29, 1.82) is 0 Å². The molecule has 1 aliphatic rings. The summed E-state index contributed by atoms with van der Waals surface area (Å²) in [5.41, 5.74) is 0.933. The summed E-state index contributed by atoms with van der Waals surface area (Å²) in [4.78, 5) is 22.8. The number of aromatic nitrogens is 1. The lowest BCUT2D eigenvalue weighted by molar-refractivity contribution is -0.130. The van der Waals surface area contributed by atoms with Crippen LogP contribution in [0.4, 0.5) is 0 Å². The number of pyridine rings is 1. The van der Waals surface area contributed by atoms with Crippen LogP contribution in [0.1, 0.15) is 12.1 Å². The standard InChI is InChI=1S/C15H24N4O/c1-17-9-11-19(12-10-17)8-6-15(20)18(2)13-14-5-3-4-7-16-14/h3-5,7H,6,8-13H2,1-2H3. The Morgan fingerprint density at radius 3 is 2.70 bits per heavy atom. The maximum atomic E-state index is 12.1. The first-order valence-electron chi connectivity index (χ1n) is 7.20. The van der Waals surface area contributed by atoms with Crippen LogP contribution >= 0.6 is 0 Å². The van der Waals surface area contributed by atoms with Crippen molar-refractivity contribution in [1.82, 2.24) is 19.7 Å². The highest BCUT2D eigenvalue weighted by Crippen LogP contribution is 2.04. The normalized spacial score (nSPS) is 17.1. The van der Waals surface area contributed by atoms with Crippen molar-refractivity contribution < 1.29 is 4.79 Å². The van der Waals surface area contributed by atoms with Crippen LogP contribution in [0.15, 0.2) is 24.4 Å². The Labute approximate surface area is 121 Å². The third kappa shape index (κ3) is 4.58. The van der Waals surface area contributed by atoms with Gasteiger partial charge in [0.05, 0.1) is 12.2 Å². The number of hydrogen-bond donors (Lipinski definition) is 0. The van der Waals surface area contributed by atoms with Gasteiger partial charge in [-0.05, 0) is 19.2 Å². The van der Waals surface area contributed by atoms with Gasteiger partial charge in [0.15, 0.2) is 0 Å². The molecule has 110 valence electrons. The molecule has 5 nitrogen and oxygen atoms in total. The number of piperazine rings is 1. The average Bonchev–Trinajstić information content (AvgIpc) is 2.47. The molecule has 0 N–H and O–H groups in total. The van der Waals surface area contributed by atoms with E-state index in [1.165, 1.54) is 0 Å². The summed E-state index contributed by atoms with van der Waals surface area (Å²) in [6.07, 6.45) is 2.35. The highest BCUT2D eigenvalue weighted by molar-refractivity contribution is 5.76. The van der Waals surface area contributed by atoms with Crippen molar-refractivity contribution >= 4 is 5.91 Å². The fraction of sp³-hybridized carbons (Fsp3) is 0.600. The van der Waals surface area contributed by atoms with Gasteiger partial charge in [0.2, 0.25) is 5.91 Å². The molecule has 5 heteroatoms. The van der Waals surface area contributed by atoms with Crippen LogP contribution in [0.5, 0.6) is 0 Å². The molecule has 0 aromatic carbocycles. The van der Waals surface area contributed by atoms with Crippen molar-refractivity contribution in [3.05, 3.63) is 30.1 Å². The largest absolute Gasteiger partial charge is 0.340 e. The number of hydrogen-bond acceptors (Lipinski definition) is 4. The number of nitrogens with zero attached hydrogens (tertiary/aromatic N) is 4. The minimum absolute atomic E-state index is 0.189. The van der Waals surface area contributed by atoms with Gasteiger partial charge in [0.25, 0.3) is 0 Å². The van der Waals surface area contributed by atoms with Gasteiger partial charge in [-0.15, -0.1) is 0 Å². The zero-order chi connectivity index (χ0) is 14.4. The summed E-state index contributed by atoms with van der Waals surface area (Å²) in [6.45, 7) is 5.76. The van der Waals surface area contributed by atoms with E-state index in [1.807, 2.05) is 25.2 Å². The van der Waals surface area contributed by atoms with E-state index in [9.17, 15) is 4.79 Å². The van der Waals surface area contributed by atoms with Gasteiger partial charge in [-0.1, -0.05) is 6.07 Å². The van der Waals surface area contributed by atoms with Gasteiger partial charge < -0.3 is 14.7 Å². The molecule has 0 bridgehead atoms. The minimum atomic E-state index is 0.189. The quantitative estimate of drug-likeness (QED) is 0.793. The topological polar surface area (TPSA) is 39.7 Å². The Morgan fingerprint density at radius 1 is 1.30 bits per heavy atom. The molecule has 1 fully saturated rings. The molecule has 1 aliphatic heterocycles. The molecule has 1 aromatic heterocycles. The Hall–Kier alpha value is -1.46. The van der Waals surface area contributed by atoms with E-state index in [-0.39, 0.29) is 5.91 Å². The predicted molar refractivity (Wildman–Crippen MR) is 79.3 cm³/mol. The zero-order valence-corrected chi connectivity index (χ0v) is 12.5. The van der Waals surface area contributed by atoms with E-state index in [2.05, 4.69) is 21.8 Å². The van der Waals surface area contributed by atoms with Crippen molar-refractivity contribution in [2.75, 3.05) is 46.8 Å². The maximum Gasteiger partial charge on any atom is 0.223 e. The predicted octanol–water partition coefficient (Wildman–Crippen LogP) is 0.677. The molecule has 1 amide bonds. The molecular weight excluding hydrogens is 252 g/mol. The number of rotatable bonds is 5. The molecule has 0 spiro atoms. The van der Waals surface area contributed by atoms with Gasteiger partial charge >= 0.3 is 0 Å². The third-order valence-electron chi connectivity index (χ3n) is 3.79. The summed E-state index contributed by atoms with van der Waals surface area (Å²) in [5, 5.41) is 0. The van der Waals surface area contributed by atoms with Crippen LogP contribution < -0.4 is 0 Å². The van der Waals surface area contributed by atoms with Crippen LogP contribution in [-0.4, -0.2) is 72.4 Å². The summed E-state index contributed by atoms with van der Waals surface area (Å²) < 4.78 is 0. The van der Waals surface area contributed by atoms with Crippen LogP contribution in [0.3, 0.4) is 0 Å². The number of carbonyl (C=O) groups excluding carboxylic acids is 1. The van der Waals surface area contributed by atoms with Crippen LogP contribution in [-0.2, 0) is 11.3 Å². The molecule has 1 aromatic rings. The Morgan fingerprint density at radius 2 is 2.05 bits per heavy atom. The molecule has 2 heterocycles. The average molecular weight is 276 g/mol. The van der Waals surface area contributed by atoms with E-state index in [0.717, 1.165) is 38.4 Å². The van der Waals surface area contributed by atoms with Crippen molar-refractivity contribution in [2.45, 2.75) is 13.0 Å². The highest BCUT2D eigenvalue weighted by atomic mass is 16.2. The molecular formula is C15H24N4O. The highest BCUT2D eigenvalue weighted by Gasteiger charge is 2.16. The fourth-order valence-corrected chi connectivity index (χ4v) is 2.34. The first kappa shape index (κ1) is 14.9. The third-order valence-corrected chi connectivity index (χ3v) is 3.79. The smallest absolute Gasteiger partial charge is 0.223 e. The monoisotopic (exact) mass is 276 g/mol. The lowest BCUT2D eigenvalue weighted by Crippen LogP contribution is -2.45. The van der Waals surface area contributed by atoms with E-state index in [4.69, 9.17) is 0 Å². The minimum Gasteiger partial charge on any atom is -0.340 e. The Balaban J connectivity index is 1.71. The van der Waals surface area contributed by atoms with E-state index < -0.39 is 0 Å². The summed E-state index contributed by atoms with van der Waals surface area (Å²) in [7, 11) is 3.99. The molecule has 20 heavy (non-hydrogen) atoms. The molecule has 2 rings (SSSR count).